The summed E-state index contributed by atoms with van der Waals surface area (Å²) in [5.41, 5.74) is -0.891. The van der Waals surface area contributed by atoms with Gasteiger partial charge in [-0.1, -0.05) is 13.8 Å². The second-order valence-corrected chi connectivity index (χ2v) is 6.97. The lowest BCUT2D eigenvalue weighted by molar-refractivity contribution is -0.154. The second kappa shape index (κ2) is 7.19. The maximum Gasteiger partial charge on any atom is 0.322 e. The summed E-state index contributed by atoms with van der Waals surface area (Å²) in [4.78, 5) is 46.9. The van der Waals surface area contributed by atoms with Crippen molar-refractivity contribution < 1.29 is 23.9 Å². The van der Waals surface area contributed by atoms with Crippen LogP contribution in [0.5, 0.6) is 0 Å². The topological polar surface area (TPSA) is 114 Å². The molecule has 134 valence electrons. The fourth-order valence-electron chi connectivity index (χ4n) is 2.94. The van der Waals surface area contributed by atoms with Crippen molar-refractivity contribution in [3.63, 3.8) is 0 Å². The third-order valence-electron chi connectivity index (χ3n) is 4.92. The first-order valence-electron chi connectivity index (χ1n) is 8.33. The van der Waals surface area contributed by atoms with Crippen molar-refractivity contribution in [2.45, 2.75) is 58.0 Å². The number of amides is 4. The van der Waals surface area contributed by atoms with Crippen LogP contribution in [0, 0.1) is 11.8 Å². The summed E-state index contributed by atoms with van der Waals surface area (Å²) < 4.78 is 5.08. The minimum atomic E-state index is -0.891. The highest BCUT2D eigenvalue weighted by molar-refractivity contribution is 6.07. The molecule has 8 nitrogen and oxygen atoms in total. The molecule has 1 aliphatic carbocycles. The molecule has 1 saturated carbocycles. The molecular formula is C16H25N3O5. The van der Waals surface area contributed by atoms with Gasteiger partial charge in [0.15, 0.2) is 6.61 Å². The molecule has 2 aliphatic rings. The van der Waals surface area contributed by atoms with E-state index in [2.05, 4.69) is 16.0 Å². The number of imide groups is 1. The van der Waals surface area contributed by atoms with E-state index in [0.29, 0.717) is 31.6 Å². The minimum Gasteiger partial charge on any atom is -0.455 e. The molecule has 2 fully saturated rings. The number of urea groups is 1. The van der Waals surface area contributed by atoms with Crippen molar-refractivity contribution in [1.82, 2.24) is 16.0 Å². The molecule has 1 unspecified atom stereocenters. The van der Waals surface area contributed by atoms with Crippen molar-refractivity contribution in [2.75, 3.05) is 6.61 Å². The summed E-state index contributed by atoms with van der Waals surface area (Å²) in [6, 6.07) is -0.479. The van der Waals surface area contributed by atoms with Crippen molar-refractivity contribution in [3.8, 4) is 0 Å². The second-order valence-electron chi connectivity index (χ2n) is 6.97. The molecule has 1 atom stereocenters. The van der Waals surface area contributed by atoms with E-state index >= 15 is 0 Å². The van der Waals surface area contributed by atoms with Crippen LogP contribution in [0.3, 0.4) is 0 Å². The molecule has 0 aromatic rings. The zero-order chi connectivity index (χ0) is 17.9. The number of carbonyl (C=O) groups excluding carboxylic acids is 4. The molecule has 3 N–H and O–H groups in total. The third-order valence-corrected chi connectivity index (χ3v) is 4.92. The van der Waals surface area contributed by atoms with Crippen LogP contribution in [0.4, 0.5) is 4.79 Å². The van der Waals surface area contributed by atoms with E-state index in [0.717, 1.165) is 0 Å². The highest BCUT2D eigenvalue weighted by atomic mass is 16.5. The molecule has 0 aromatic carbocycles. The van der Waals surface area contributed by atoms with Gasteiger partial charge in [-0.15, -0.1) is 0 Å². The van der Waals surface area contributed by atoms with Crippen LogP contribution < -0.4 is 16.0 Å². The zero-order valence-corrected chi connectivity index (χ0v) is 14.3. The SMILES string of the molecule is CC(C)C(C)NC(=O)COC(=O)C1CCC2(CC1)NC(=O)NC2=O. The van der Waals surface area contributed by atoms with E-state index < -0.39 is 17.5 Å². The molecule has 0 bridgehead atoms. The first-order chi connectivity index (χ1) is 11.2. The van der Waals surface area contributed by atoms with Gasteiger partial charge in [-0.3, -0.25) is 19.7 Å². The number of rotatable bonds is 5. The fraction of sp³-hybridized carbons (Fsp3) is 0.750. The minimum absolute atomic E-state index is 0.00947. The number of hydrogen-bond acceptors (Lipinski definition) is 5. The van der Waals surface area contributed by atoms with E-state index in [4.69, 9.17) is 4.74 Å². The predicted octanol–water partition coefficient (Wildman–Crippen LogP) is 0.459. The summed E-state index contributed by atoms with van der Waals surface area (Å²) in [5.74, 6) is -1.13. The third kappa shape index (κ3) is 4.04. The highest BCUT2D eigenvalue weighted by Crippen LogP contribution is 2.34. The van der Waals surface area contributed by atoms with Crippen LogP contribution in [0.15, 0.2) is 0 Å². The average Bonchev–Trinajstić information content (AvgIpc) is 2.79. The molecule has 4 amide bonds. The van der Waals surface area contributed by atoms with Crippen molar-refractivity contribution >= 4 is 23.8 Å². The molecular weight excluding hydrogens is 314 g/mol. The summed E-state index contributed by atoms with van der Waals surface area (Å²) in [7, 11) is 0. The van der Waals surface area contributed by atoms with Crippen LogP contribution in [0.1, 0.15) is 46.5 Å². The highest BCUT2D eigenvalue weighted by Gasteiger charge is 2.49. The van der Waals surface area contributed by atoms with Crippen LogP contribution in [0.2, 0.25) is 0 Å². The zero-order valence-electron chi connectivity index (χ0n) is 14.3. The number of ether oxygens (including phenoxy) is 1. The number of carbonyl (C=O) groups is 4. The maximum absolute atomic E-state index is 12.1. The van der Waals surface area contributed by atoms with Crippen LogP contribution in [-0.2, 0) is 19.1 Å². The first kappa shape index (κ1) is 18.2. The lowest BCUT2D eigenvalue weighted by Crippen LogP contribution is -2.50. The number of nitrogens with one attached hydrogen (secondary N) is 3. The van der Waals surface area contributed by atoms with Crippen molar-refractivity contribution in [1.29, 1.82) is 0 Å². The number of hydrogen-bond donors (Lipinski definition) is 3. The van der Waals surface area contributed by atoms with Gasteiger partial charge in [0.05, 0.1) is 5.92 Å². The summed E-state index contributed by atoms with van der Waals surface area (Å²) in [6.07, 6.45) is 1.66. The molecule has 0 radical (unpaired) electrons. The Labute approximate surface area is 141 Å². The Morgan fingerprint density at radius 2 is 1.88 bits per heavy atom. The van der Waals surface area contributed by atoms with Crippen LogP contribution >= 0.6 is 0 Å². The fourth-order valence-corrected chi connectivity index (χ4v) is 2.94. The maximum atomic E-state index is 12.1. The van der Waals surface area contributed by atoms with Crippen molar-refractivity contribution in [3.05, 3.63) is 0 Å². The van der Waals surface area contributed by atoms with Crippen LogP contribution in [0.25, 0.3) is 0 Å². The Morgan fingerprint density at radius 3 is 2.38 bits per heavy atom. The molecule has 1 spiro atoms. The van der Waals surface area contributed by atoms with Gasteiger partial charge in [-0.25, -0.2) is 4.79 Å². The Kier molecular flexibility index (Phi) is 5.46. The first-order valence-corrected chi connectivity index (χ1v) is 8.33. The number of esters is 1. The van der Waals surface area contributed by atoms with E-state index in [9.17, 15) is 19.2 Å². The van der Waals surface area contributed by atoms with Gasteiger partial charge in [0.1, 0.15) is 5.54 Å². The molecule has 24 heavy (non-hydrogen) atoms. The molecule has 2 rings (SSSR count). The van der Waals surface area contributed by atoms with Gasteiger partial charge in [-0.05, 0) is 38.5 Å². The van der Waals surface area contributed by atoms with Crippen molar-refractivity contribution in [2.24, 2.45) is 11.8 Å². The quantitative estimate of drug-likeness (QED) is 0.497. The molecule has 1 aliphatic heterocycles. The lowest BCUT2D eigenvalue weighted by Gasteiger charge is -2.33. The molecule has 0 aromatic heterocycles. The van der Waals surface area contributed by atoms with Crippen LogP contribution in [-0.4, -0.2) is 42.0 Å². The monoisotopic (exact) mass is 339 g/mol. The Bertz CT molecular complexity index is 538. The van der Waals surface area contributed by atoms with E-state index in [1.807, 2.05) is 20.8 Å². The largest absolute Gasteiger partial charge is 0.455 e. The summed E-state index contributed by atoms with van der Waals surface area (Å²) >= 11 is 0. The summed E-state index contributed by atoms with van der Waals surface area (Å²) in [5, 5.41) is 7.65. The normalized spacial score (nSPS) is 27.6. The molecule has 1 heterocycles. The van der Waals surface area contributed by atoms with Gasteiger partial charge < -0.3 is 15.4 Å². The van der Waals surface area contributed by atoms with Gasteiger partial charge >= 0.3 is 12.0 Å². The van der Waals surface area contributed by atoms with Gasteiger partial charge in [0, 0.05) is 6.04 Å². The standard InChI is InChI=1S/C16H25N3O5/c1-9(2)10(3)17-12(20)8-24-13(21)11-4-6-16(7-5-11)14(22)18-15(23)19-16/h9-11H,4-8H2,1-3H3,(H,17,20)(H2,18,19,22,23). The van der Waals surface area contributed by atoms with Gasteiger partial charge in [0.25, 0.3) is 11.8 Å². The van der Waals surface area contributed by atoms with E-state index in [1.54, 1.807) is 0 Å². The molecule has 8 heteroatoms. The van der Waals surface area contributed by atoms with Gasteiger partial charge in [0.2, 0.25) is 0 Å². The van der Waals surface area contributed by atoms with E-state index in [-0.39, 0.29) is 30.4 Å². The Hall–Kier alpha value is -2.12. The van der Waals surface area contributed by atoms with E-state index in [1.165, 1.54) is 0 Å². The Morgan fingerprint density at radius 1 is 1.25 bits per heavy atom. The predicted molar refractivity (Wildman–Crippen MR) is 84.8 cm³/mol. The smallest absolute Gasteiger partial charge is 0.322 e. The molecule has 1 saturated heterocycles. The summed E-state index contributed by atoms with van der Waals surface area (Å²) in [6.45, 7) is 5.58. The Balaban J connectivity index is 1.76. The lowest BCUT2D eigenvalue weighted by atomic mass is 9.76. The average molecular weight is 339 g/mol. The van der Waals surface area contributed by atoms with Gasteiger partial charge in [-0.2, -0.15) is 0 Å².